The molecule has 8 heteroatoms. The van der Waals surface area contributed by atoms with Crippen LogP contribution in [0.4, 0.5) is 5.69 Å². The zero-order chi connectivity index (χ0) is 17.1. The lowest BCUT2D eigenvalue weighted by atomic mass is 10.2. The molecule has 2 heterocycles. The molecule has 0 radical (unpaired) electrons. The van der Waals surface area contributed by atoms with E-state index in [0.717, 1.165) is 4.90 Å². The quantitative estimate of drug-likeness (QED) is 0.856. The van der Waals surface area contributed by atoms with Gasteiger partial charge in [-0.2, -0.15) is 0 Å². The van der Waals surface area contributed by atoms with Gasteiger partial charge in [0.1, 0.15) is 10.6 Å². The zero-order valence-corrected chi connectivity index (χ0v) is 14.9. The molecule has 5 nitrogen and oxygen atoms in total. The Hall–Kier alpha value is -1.47. The average molecular weight is 385 g/mol. The highest BCUT2D eigenvalue weighted by molar-refractivity contribution is 7.99. The Balaban J connectivity index is 1.92. The van der Waals surface area contributed by atoms with Crippen molar-refractivity contribution in [3.63, 3.8) is 0 Å². The molecule has 1 saturated heterocycles. The molecular weight excluding hydrogens is 371 g/mol. The van der Waals surface area contributed by atoms with Crippen LogP contribution >= 0.6 is 35.0 Å². The molecule has 0 unspecified atom stereocenters. The first-order valence-corrected chi connectivity index (χ1v) is 8.80. The van der Waals surface area contributed by atoms with Gasteiger partial charge >= 0.3 is 5.97 Å². The molecule has 1 aromatic heterocycles. The minimum Gasteiger partial charge on any atom is -0.478 e. The number of aromatic nitrogens is 1. The van der Waals surface area contributed by atoms with E-state index in [1.807, 2.05) is 4.90 Å². The molecule has 0 aliphatic carbocycles. The molecular formula is C16H14Cl2N2O3S. The van der Waals surface area contributed by atoms with Crippen LogP contribution in [0.3, 0.4) is 0 Å². The first-order chi connectivity index (χ1) is 11.5. The van der Waals surface area contributed by atoms with Crippen LogP contribution in [0.5, 0.6) is 0 Å². The van der Waals surface area contributed by atoms with Gasteiger partial charge in [-0.15, -0.1) is 0 Å². The molecule has 126 valence electrons. The molecule has 3 rings (SSSR count). The molecule has 0 amide bonds. The van der Waals surface area contributed by atoms with Gasteiger partial charge in [-0.3, -0.25) is 0 Å². The van der Waals surface area contributed by atoms with Gasteiger partial charge in [0.15, 0.2) is 0 Å². The van der Waals surface area contributed by atoms with E-state index in [-0.39, 0.29) is 5.56 Å². The fraction of sp³-hybridized carbons (Fsp3) is 0.250. The second-order valence-electron chi connectivity index (χ2n) is 5.15. The molecule has 1 fully saturated rings. The number of aromatic carboxylic acids is 1. The normalized spacial score (nSPS) is 14.7. The molecule has 2 aromatic rings. The number of anilines is 1. The third kappa shape index (κ3) is 4.13. The van der Waals surface area contributed by atoms with Crippen molar-refractivity contribution in [2.24, 2.45) is 0 Å². The second-order valence-corrected chi connectivity index (χ2v) is 7.12. The van der Waals surface area contributed by atoms with Crippen molar-refractivity contribution in [2.45, 2.75) is 9.92 Å². The minimum absolute atomic E-state index is 0.186. The minimum atomic E-state index is -0.994. The summed E-state index contributed by atoms with van der Waals surface area (Å²) in [6, 6.07) is 7.03. The maximum Gasteiger partial charge on any atom is 0.339 e. The lowest BCUT2D eigenvalue weighted by molar-refractivity contribution is 0.0695. The van der Waals surface area contributed by atoms with Gasteiger partial charge in [-0.1, -0.05) is 35.0 Å². The third-order valence-corrected chi connectivity index (χ3v) is 4.84. The van der Waals surface area contributed by atoms with E-state index in [1.54, 1.807) is 24.3 Å². The van der Waals surface area contributed by atoms with Gasteiger partial charge in [-0.25, -0.2) is 9.78 Å². The lowest BCUT2D eigenvalue weighted by Gasteiger charge is -2.30. The van der Waals surface area contributed by atoms with Crippen molar-refractivity contribution in [3.05, 3.63) is 46.1 Å². The van der Waals surface area contributed by atoms with E-state index in [0.29, 0.717) is 47.1 Å². The highest BCUT2D eigenvalue weighted by Crippen LogP contribution is 2.33. The summed E-state index contributed by atoms with van der Waals surface area (Å²) in [4.78, 5) is 18.6. The maximum absolute atomic E-state index is 11.5. The Morgan fingerprint density at radius 3 is 2.46 bits per heavy atom. The van der Waals surface area contributed by atoms with Crippen LogP contribution in [0.15, 0.2) is 40.4 Å². The summed E-state index contributed by atoms with van der Waals surface area (Å²) >= 11 is 13.4. The van der Waals surface area contributed by atoms with Crippen LogP contribution in [-0.2, 0) is 4.74 Å². The third-order valence-electron chi connectivity index (χ3n) is 3.50. The SMILES string of the molecule is O=C(O)c1cnc(Sc2cc(Cl)cc(Cl)c2)cc1N1CCOCC1. The molecule has 0 bridgehead atoms. The number of carboxylic acid groups (broad SMARTS) is 1. The summed E-state index contributed by atoms with van der Waals surface area (Å²) in [6.45, 7) is 2.45. The number of rotatable bonds is 4. The van der Waals surface area contributed by atoms with Crippen LogP contribution in [-0.4, -0.2) is 42.4 Å². The number of ether oxygens (including phenoxy) is 1. The Bertz CT molecular complexity index is 747. The van der Waals surface area contributed by atoms with Crippen LogP contribution < -0.4 is 4.90 Å². The van der Waals surface area contributed by atoms with E-state index < -0.39 is 5.97 Å². The predicted molar refractivity (Wildman–Crippen MR) is 94.8 cm³/mol. The Morgan fingerprint density at radius 2 is 1.83 bits per heavy atom. The predicted octanol–water partition coefficient (Wildman–Crippen LogP) is 4.07. The largest absolute Gasteiger partial charge is 0.478 e. The lowest BCUT2D eigenvalue weighted by Crippen LogP contribution is -2.37. The van der Waals surface area contributed by atoms with Crippen LogP contribution in [0.25, 0.3) is 0 Å². The number of pyridine rings is 1. The summed E-state index contributed by atoms with van der Waals surface area (Å²) < 4.78 is 5.33. The Kier molecular flexibility index (Phi) is 5.50. The van der Waals surface area contributed by atoms with Gasteiger partial charge in [0.05, 0.1) is 18.9 Å². The van der Waals surface area contributed by atoms with E-state index in [9.17, 15) is 9.90 Å². The van der Waals surface area contributed by atoms with E-state index in [2.05, 4.69) is 4.98 Å². The van der Waals surface area contributed by atoms with Crippen LogP contribution in [0, 0.1) is 0 Å². The molecule has 24 heavy (non-hydrogen) atoms. The van der Waals surface area contributed by atoms with Gasteiger partial charge in [0, 0.05) is 34.2 Å². The summed E-state index contributed by atoms with van der Waals surface area (Å²) in [5, 5.41) is 11.2. The molecule has 0 spiro atoms. The number of hydrogen-bond acceptors (Lipinski definition) is 5. The van der Waals surface area contributed by atoms with Crippen molar-refractivity contribution in [1.82, 2.24) is 4.98 Å². The van der Waals surface area contributed by atoms with Crippen molar-refractivity contribution in [3.8, 4) is 0 Å². The van der Waals surface area contributed by atoms with Crippen LogP contribution in [0.2, 0.25) is 10.0 Å². The molecule has 1 N–H and O–H groups in total. The number of halogens is 2. The van der Waals surface area contributed by atoms with Crippen molar-refractivity contribution in [1.29, 1.82) is 0 Å². The Morgan fingerprint density at radius 1 is 1.17 bits per heavy atom. The number of morpholine rings is 1. The molecule has 0 saturated carbocycles. The zero-order valence-electron chi connectivity index (χ0n) is 12.5. The molecule has 1 aliphatic heterocycles. The molecule has 0 atom stereocenters. The van der Waals surface area contributed by atoms with Crippen molar-refractivity contribution >= 4 is 46.6 Å². The van der Waals surface area contributed by atoms with E-state index in [4.69, 9.17) is 27.9 Å². The van der Waals surface area contributed by atoms with Gasteiger partial charge < -0.3 is 14.7 Å². The Labute approximate surface area is 153 Å². The first-order valence-electron chi connectivity index (χ1n) is 7.23. The van der Waals surface area contributed by atoms with E-state index in [1.165, 1.54) is 18.0 Å². The van der Waals surface area contributed by atoms with E-state index >= 15 is 0 Å². The topological polar surface area (TPSA) is 62.7 Å². The van der Waals surface area contributed by atoms with Gasteiger partial charge in [-0.05, 0) is 24.3 Å². The maximum atomic E-state index is 11.5. The van der Waals surface area contributed by atoms with Crippen molar-refractivity contribution < 1.29 is 14.6 Å². The average Bonchev–Trinajstić information content (AvgIpc) is 2.54. The summed E-state index contributed by atoms with van der Waals surface area (Å²) in [5.41, 5.74) is 0.835. The summed E-state index contributed by atoms with van der Waals surface area (Å²) in [7, 11) is 0. The van der Waals surface area contributed by atoms with Gasteiger partial charge in [0.2, 0.25) is 0 Å². The highest BCUT2D eigenvalue weighted by Gasteiger charge is 2.20. The van der Waals surface area contributed by atoms with Crippen LogP contribution in [0.1, 0.15) is 10.4 Å². The summed E-state index contributed by atoms with van der Waals surface area (Å²) in [5.74, 6) is -0.994. The second kappa shape index (κ2) is 7.61. The fourth-order valence-corrected chi connectivity index (χ4v) is 3.97. The summed E-state index contributed by atoms with van der Waals surface area (Å²) in [6.07, 6.45) is 1.39. The number of carbonyl (C=O) groups is 1. The standard InChI is InChI=1S/C16H14Cl2N2O3S/c17-10-5-11(18)7-12(6-10)24-15-8-14(13(9-19-15)16(21)22)20-1-3-23-4-2-20/h5-9H,1-4H2,(H,21,22). The number of carboxylic acids is 1. The smallest absolute Gasteiger partial charge is 0.339 e. The number of benzene rings is 1. The molecule has 1 aromatic carbocycles. The monoisotopic (exact) mass is 384 g/mol. The first kappa shape index (κ1) is 17.4. The molecule has 1 aliphatic rings. The highest BCUT2D eigenvalue weighted by atomic mass is 35.5. The fourth-order valence-electron chi connectivity index (χ4n) is 2.42. The van der Waals surface area contributed by atoms with Gasteiger partial charge in [0.25, 0.3) is 0 Å². The number of nitrogens with zero attached hydrogens (tertiary/aromatic N) is 2. The van der Waals surface area contributed by atoms with Crippen molar-refractivity contribution in [2.75, 3.05) is 31.2 Å². The number of hydrogen-bond donors (Lipinski definition) is 1.